The van der Waals surface area contributed by atoms with Gasteiger partial charge in [-0.05, 0) is 19.3 Å². The number of carbonyl (C=O) groups is 1. The molecule has 0 bridgehead atoms. The Kier molecular flexibility index (Phi) is 1.43. The molecule has 0 aromatic rings. The Bertz CT molecular complexity index is 158. The van der Waals surface area contributed by atoms with Crippen molar-refractivity contribution in [1.29, 1.82) is 0 Å². The van der Waals surface area contributed by atoms with Gasteiger partial charge in [-0.3, -0.25) is 4.79 Å². The zero-order chi connectivity index (χ0) is 7.02. The molecule has 1 nitrogen and oxygen atoms in total. The van der Waals surface area contributed by atoms with Crippen LogP contribution in [0.4, 0.5) is 0 Å². The van der Waals surface area contributed by atoms with Crippen molar-refractivity contribution in [3.05, 3.63) is 12.2 Å². The molecule has 2 unspecified atom stereocenters. The Morgan fingerprint density at radius 3 is 2.44 bits per heavy atom. The van der Waals surface area contributed by atoms with Crippen molar-refractivity contribution in [2.45, 2.75) is 20.3 Å². The lowest BCUT2D eigenvalue weighted by molar-refractivity contribution is -0.118. The summed E-state index contributed by atoms with van der Waals surface area (Å²) in [6.07, 6.45) is 1.07. The zero-order valence-electron chi connectivity index (χ0n) is 5.98. The van der Waals surface area contributed by atoms with E-state index in [4.69, 9.17) is 0 Å². The fourth-order valence-corrected chi connectivity index (χ4v) is 1.42. The van der Waals surface area contributed by atoms with Crippen molar-refractivity contribution in [2.75, 3.05) is 0 Å². The Labute approximate surface area is 55.8 Å². The first-order valence-corrected chi connectivity index (χ1v) is 3.37. The molecule has 1 aliphatic carbocycles. The molecule has 1 fully saturated rings. The number of carbonyl (C=O) groups excluding carboxylic acids is 1. The second-order valence-corrected chi connectivity index (χ2v) is 2.68. The number of hydrogen-bond donors (Lipinski definition) is 0. The smallest absolute Gasteiger partial charge is 0.137 e. The molecule has 1 rings (SSSR count). The Balaban J connectivity index is 2.52. The van der Waals surface area contributed by atoms with Crippen LogP contribution in [-0.4, -0.2) is 5.78 Å². The summed E-state index contributed by atoms with van der Waals surface area (Å²) in [5, 5.41) is 0. The molecule has 0 heterocycles. The van der Waals surface area contributed by atoms with Crippen LogP contribution in [-0.2, 0) is 4.79 Å². The van der Waals surface area contributed by atoms with Crippen molar-refractivity contribution < 1.29 is 4.79 Å². The van der Waals surface area contributed by atoms with Gasteiger partial charge in [0.25, 0.3) is 0 Å². The van der Waals surface area contributed by atoms with Gasteiger partial charge in [0.1, 0.15) is 5.78 Å². The third kappa shape index (κ3) is 0.913. The maximum atomic E-state index is 10.7. The summed E-state index contributed by atoms with van der Waals surface area (Å²) >= 11 is 0. The van der Waals surface area contributed by atoms with Crippen molar-refractivity contribution in [3.8, 4) is 0 Å². The van der Waals surface area contributed by atoms with E-state index in [2.05, 4.69) is 13.5 Å². The van der Waals surface area contributed by atoms with E-state index in [-0.39, 0.29) is 11.7 Å². The van der Waals surface area contributed by atoms with E-state index in [0.29, 0.717) is 5.92 Å². The molecular formula is C8H12O. The van der Waals surface area contributed by atoms with Crippen LogP contribution in [0, 0.1) is 11.8 Å². The van der Waals surface area contributed by atoms with Crippen LogP contribution in [0.5, 0.6) is 0 Å². The molecule has 0 saturated heterocycles. The average molecular weight is 124 g/mol. The molecule has 1 heteroatoms. The lowest BCUT2D eigenvalue weighted by atomic mass is 10.2. The summed E-state index contributed by atoms with van der Waals surface area (Å²) in [7, 11) is 0. The molecule has 0 aromatic carbocycles. The zero-order valence-corrected chi connectivity index (χ0v) is 5.98. The highest BCUT2D eigenvalue weighted by Crippen LogP contribution is 2.46. The number of Topliss-reactive ketones (excluding diaryl/α,β-unsaturated/α-hetero) is 1. The molecule has 50 valence electrons. The summed E-state index contributed by atoms with van der Waals surface area (Å²) in [4.78, 5) is 10.7. The summed E-state index contributed by atoms with van der Waals surface area (Å²) in [6, 6.07) is 0. The minimum Gasteiger partial charge on any atom is -0.299 e. The van der Waals surface area contributed by atoms with Crippen LogP contribution in [0.1, 0.15) is 20.3 Å². The molecule has 9 heavy (non-hydrogen) atoms. The third-order valence-corrected chi connectivity index (χ3v) is 2.05. The molecule has 1 aliphatic rings. The van der Waals surface area contributed by atoms with Gasteiger partial charge in [-0.1, -0.05) is 19.1 Å². The van der Waals surface area contributed by atoms with Crippen LogP contribution in [0.25, 0.3) is 0 Å². The van der Waals surface area contributed by atoms with Crippen LogP contribution in [0.3, 0.4) is 0 Å². The topological polar surface area (TPSA) is 17.1 Å². The minimum absolute atomic E-state index is 0.218. The highest BCUT2D eigenvalue weighted by atomic mass is 16.1. The van der Waals surface area contributed by atoms with E-state index >= 15 is 0 Å². The van der Waals surface area contributed by atoms with E-state index in [1.54, 1.807) is 6.92 Å². The van der Waals surface area contributed by atoms with Crippen molar-refractivity contribution >= 4 is 5.78 Å². The standard InChI is InChI=1S/C8H12O/c1-4-7-5(2)8(7)6(3)9/h7-8H,2,4H2,1,3H3. The summed E-state index contributed by atoms with van der Waals surface area (Å²) < 4.78 is 0. The SMILES string of the molecule is C=C1C(CC)C1C(C)=O. The third-order valence-electron chi connectivity index (χ3n) is 2.05. The Morgan fingerprint density at radius 1 is 1.78 bits per heavy atom. The lowest BCUT2D eigenvalue weighted by Gasteiger charge is -1.84. The largest absolute Gasteiger partial charge is 0.299 e. The van der Waals surface area contributed by atoms with Crippen LogP contribution in [0.15, 0.2) is 12.2 Å². The monoisotopic (exact) mass is 124 g/mol. The number of hydrogen-bond acceptors (Lipinski definition) is 1. The van der Waals surface area contributed by atoms with E-state index in [1.165, 1.54) is 0 Å². The molecule has 0 spiro atoms. The van der Waals surface area contributed by atoms with Gasteiger partial charge in [0.05, 0.1) is 0 Å². The van der Waals surface area contributed by atoms with Gasteiger partial charge in [0.15, 0.2) is 0 Å². The fraction of sp³-hybridized carbons (Fsp3) is 0.625. The molecular weight excluding hydrogens is 112 g/mol. The summed E-state index contributed by atoms with van der Waals surface area (Å²) in [6.45, 7) is 7.54. The highest BCUT2D eigenvalue weighted by molar-refractivity contribution is 5.86. The minimum atomic E-state index is 0.218. The van der Waals surface area contributed by atoms with Gasteiger partial charge < -0.3 is 0 Å². The van der Waals surface area contributed by atoms with E-state index in [9.17, 15) is 4.79 Å². The maximum Gasteiger partial charge on any atom is 0.137 e. The van der Waals surface area contributed by atoms with E-state index in [1.807, 2.05) is 0 Å². The van der Waals surface area contributed by atoms with Crippen LogP contribution in [0.2, 0.25) is 0 Å². The number of rotatable bonds is 2. The van der Waals surface area contributed by atoms with E-state index < -0.39 is 0 Å². The molecule has 0 aromatic heterocycles. The predicted octanol–water partition coefficient (Wildman–Crippen LogP) is 1.79. The Morgan fingerprint density at radius 2 is 2.33 bits per heavy atom. The first-order chi connectivity index (χ1) is 4.18. The van der Waals surface area contributed by atoms with Gasteiger partial charge in [-0.15, -0.1) is 0 Å². The highest BCUT2D eigenvalue weighted by Gasteiger charge is 2.43. The average Bonchev–Trinajstić information content (AvgIpc) is 2.40. The van der Waals surface area contributed by atoms with E-state index in [0.717, 1.165) is 12.0 Å². The number of allylic oxidation sites excluding steroid dienone is 1. The van der Waals surface area contributed by atoms with Crippen LogP contribution >= 0.6 is 0 Å². The van der Waals surface area contributed by atoms with Crippen molar-refractivity contribution in [1.82, 2.24) is 0 Å². The van der Waals surface area contributed by atoms with Gasteiger partial charge in [-0.2, -0.15) is 0 Å². The van der Waals surface area contributed by atoms with Gasteiger partial charge in [-0.25, -0.2) is 0 Å². The maximum absolute atomic E-state index is 10.7. The second-order valence-electron chi connectivity index (χ2n) is 2.68. The van der Waals surface area contributed by atoms with Gasteiger partial charge >= 0.3 is 0 Å². The molecule has 0 amide bonds. The molecule has 0 radical (unpaired) electrons. The summed E-state index contributed by atoms with van der Waals surface area (Å²) in [5.41, 5.74) is 1.14. The quantitative estimate of drug-likeness (QED) is 0.513. The lowest BCUT2D eigenvalue weighted by Crippen LogP contribution is -1.93. The normalized spacial score (nSPS) is 32.4. The molecule has 0 N–H and O–H groups in total. The molecule has 2 atom stereocenters. The van der Waals surface area contributed by atoms with Crippen molar-refractivity contribution in [2.24, 2.45) is 11.8 Å². The first kappa shape index (κ1) is 6.53. The van der Waals surface area contributed by atoms with Gasteiger partial charge in [0, 0.05) is 5.92 Å². The van der Waals surface area contributed by atoms with Crippen LogP contribution < -0.4 is 0 Å². The number of ketones is 1. The predicted molar refractivity (Wildman–Crippen MR) is 37.1 cm³/mol. The Hall–Kier alpha value is -0.590. The molecule has 1 saturated carbocycles. The van der Waals surface area contributed by atoms with Crippen molar-refractivity contribution in [3.63, 3.8) is 0 Å². The van der Waals surface area contributed by atoms with Gasteiger partial charge in [0.2, 0.25) is 0 Å². The first-order valence-electron chi connectivity index (χ1n) is 3.37. The fourth-order valence-electron chi connectivity index (χ4n) is 1.42. The summed E-state index contributed by atoms with van der Waals surface area (Å²) in [5.74, 6) is 1.02. The molecule has 0 aliphatic heterocycles. The second kappa shape index (κ2) is 1.98.